The normalized spacial score (nSPS) is 33.5. The van der Waals surface area contributed by atoms with Gasteiger partial charge in [0.1, 0.15) is 11.7 Å². The quantitative estimate of drug-likeness (QED) is 0.685. The zero-order valence-corrected chi connectivity index (χ0v) is 12.8. The first-order valence-corrected chi connectivity index (χ1v) is 7.22. The van der Waals surface area contributed by atoms with Gasteiger partial charge in [-0.1, -0.05) is 0 Å². The molecule has 0 aromatic rings. The summed E-state index contributed by atoms with van der Waals surface area (Å²) in [5.41, 5.74) is 0. The van der Waals surface area contributed by atoms with E-state index in [9.17, 15) is 9.59 Å². The van der Waals surface area contributed by atoms with E-state index in [0.29, 0.717) is 5.76 Å². The second kappa shape index (κ2) is 6.47. The van der Waals surface area contributed by atoms with Crippen LogP contribution < -0.4 is 0 Å². The average Bonchev–Trinajstić information content (AvgIpc) is 3.18. The molecule has 0 unspecified atom stereocenters. The fourth-order valence-corrected chi connectivity index (χ4v) is 3.21. The van der Waals surface area contributed by atoms with Crippen LogP contribution in [-0.4, -0.2) is 45.5 Å². The molecule has 0 aromatic heterocycles. The van der Waals surface area contributed by atoms with Crippen molar-refractivity contribution in [2.75, 3.05) is 27.4 Å². The summed E-state index contributed by atoms with van der Waals surface area (Å²) in [6, 6.07) is 0. The number of carbonyl (C=O) groups is 2. The summed E-state index contributed by atoms with van der Waals surface area (Å²) in [5.74, 6) is -1.72. The summed E-state index contributed by atoms with van der Waals surface area (Å²) in [7, 11) is 3.09. The average molecular weight is 298 g/mol. The first-order chi connectivity index (χ1) is 10.1. The van der Waals surface area contributed by atoms with Crippen LogP contribution in [0.5, 0.6) is 0 Å². The number of esters is 2. The first kappa shape index (κ1) is 15.8. The van der Waals surface area contributed by atoms with Gasteiger partial charge in [-0.3, -0.25) is 9.59 Å². The number of ether oxygens (including phenoxy) is 4. The minimum atomic E-state index is -0.754. The van der Waals surface area contributed by atoms with Crippen molar-refractivity contribution in [3.8, 4) is 0 Å². The molecular formula is C15H22O6. The van der Waals surface area contributed by atoms with Gasteiger partial charge in [-0.15, -0.1) is 0 Å². The van der Waals surface area contributed by atoms with Gasteiger partial charge in [0.15, 0.2) is 0 Å². The Morgan fingerprint density at radius 2 is 1.71 bits per heavy atom. The van der Waals surface area contributed by atoms with Crippen LogP contribution in [0.1, 0.15) is 13.8 Å². The zero-order valence-electron chi connectivity index (χ0n) is 12.8. The van der Waals surface area contributed by atoms with Gasteiger partial charge in [0, 0.05) is 18.9 Å². The monoisotopic (exact) mass is 298 g/mol. The Labute approximate surface area is 124 Å². The molecule has 0 radical (unpaired) electrons. The van der Waals surface area contributed by atoms with Crippen molar-refractivity contribution < 1.29 is 28.5 Å². The number of rotatable bonds is 6. The highest BCUT2D eigenvalue weighted by Crippen LogP contribution is 2.56. The number of hydrogen-bond donors (Lipinski definition) is 0. The highest BCUT2D eigenvalue weighted by molar-refractivity contribution is 5.85. The first-order valence-electron chi connectivity index (χ1n) is 7.22. The molecule has 2 aliphatic rings. The van der Waals surface area contributed by atoms with Crippen LogP contribution in [0.15, 0.2) is 11.8 Å². The van der Waals surface area contributed by atoms with E-state index in [1.54, 1.807) is 21.0 Å². The molecular weight excluding hydrogens is 276 g/mol. The lowest BCUT2D eigenvalue weighted by Gasteiger charge is -2.28. The van der Waals surface area contributed by atoms with E-state index in [-0.39, 0.29) is 31.2 Å². The van der Waals surface area contributed by atoms with Gasteiger partial charge in [-0.25, -0.2) is 0 Å². The molecule has 0 saturated heterocycles. The Balaban J connectivity index is 2.32. The Morgan fingerprint density at radius 1 is 1.10 bits per heavy atom. The second-order valence-corrected chi connectivity index (χ2v) is 5.14. The smallest absolute Gasteiger partial charge is 0.317 e. The van der Waals surface area contributed by atoms with Gasteiger partial charge in [-0.2, -0.15) is 0 Å². The van der Waals surface area contributed by atoms with Gasteiger partial charge < -0.3 is 18.9 Å². The van der Waals surface area contributed by atoms with E-state index in [4.69, 9.17) is 18.9 Å². The predicted molar refractivity (Wildman–Crippen MR) is 73.1 cm³/mol. The minimum Gasteiger partial charge on any atom is -0.500 e. The molecule has 6 nitrogen and oxygen atoms in total. The third-order valence-electron chi connectivity index (χ3n) is 4.11. The molecule has 0 aromatic carbocycles. The number of hydrogen-bond acceptors (Lipinski definition) is 6. The summed E-state index contributed by atoms with van der Waals surface area (Å²) in [6.45, 7) is 4.00. The lowest BCUT2D eigenvalue weighted by molar-refractivity contribution is -0.162. The second-order valence-electron chi connectivity index (χ2n) is 5.14. The maximum absolute atomic E-state index is 12.3. The molecule has 6 heteroatoms. The van der Waals surface area contributed by atoms with Crippen molar-refractivity contribution in [3.63, 3.8) is 0 Å². The molecule has 2 aliphatic carbocycles. The number of fused-ring (bicyclic) bond motifs is 1. The number of carbonyl (C=O) groups excluding carboxylic acids is 2. The van der Waals surface area contributed by atoms with Gasteiger partial charge in [0.05, 0.1) is 32.3 Å². The van der Waals surface area contributed by atoms with Gasteiger partial charge >= 0.3 is 11.9 Å². The molecule has 5 atom stereocenters. The fourth-order valence-electron chi connectivity index (χ4n) is 3.21. The Hall–Kier alpha value is -1.56. The van der Waals surface area contributed by atoms with Crippen LogP contribution in [-0.2, 0) is 28.5 Å². The fraction of sp³-hybridized carbons (Fsp3) is 0.733. The summed E-state index contributed by atoms with van der Waals surface area (Å²) < 4.78 is 20.9. The maximum atomic E-state index is 12.3. The molecule has 118 valence electrons. The van der Waals surface area contributed by atoms with Crippen molar-refractivity contribution in [3.05, 3.63) is 11.8 Å². The van der Waals surface area contributed by atoms with Gasteiger partial charge in [-0.05, 0) is 19.9 Å². The Bertz CT molecular complexity index is 443. The largest absolute Gasteiger partial charge is 0.500 e. The molecule has 0 bridgehead atoms. The topological polar surface area (TPSA) is 71.1 Å². The van der Waals surface area contributed by atoms with Crippen LogP contribution >= 0.6 is 0 Å². The van der Waals surface area contributed by atoms with Gasteiger partial charge in [0.2, 0.25) is 0 Å². The molecule has 2 rings (SSSR count). The zero-order chi connectivity index (χ0) is 15.6. The summed E-state index contributed by atoms with van der Waals surface area (Å²) >= 11 is 0. The molecule has 1 fully saturated rings. The summed E-state index contributed by atoms with van der Waals surface area (Å²) in [5, 5.41) is 0. The molecule has 0 amide bonds. The third-order valence-corrected chi connectivity index (χ3v) is 4.11. The van der Waals surface area contributed by atoms with Crippen LogP contribution in [0.3, 0.4) is 0 Å². The highest BCUT2D eigenvalue weighted by atomic mass is 16.5. The minimum absolute atomic E-state index is 0.0534. The van der Waals surface area contributed by atoms with Crippen molar-refractivity contribution in [2.24, 2.45) is 23.7 Å². The van der Waals surface area contributed by atoms with Crippen molar-refractivity contribution in [2.45, 2.75) is 20.0 Å². The van der Waals surface area contributed by atoms with E-state index in [1.165, 1.54) is 7.11 Å². The standard InChI is InChI=1S/C15H22O6/c1-5-20-14(16)11-9(18-3)7-8-10(13(8)19-4)12(11)15(17)21-6-2/h7-8,10-13H,5-6H2,1-4H3/t8-,10-,11+,12+,13-/m0/s1. The van der Waals surface area contributed by atoms with E-state index in [0.717, 1.165) is 0 Å². The lowest BCUT2D eigenvalue weighted by Crippen LogP contribution is -2.38. The maximum Gasteiger partial charge on any atom is 0.317 e. The molecule has 0 aliphatic heterocycles. The highest BCUT2D eigenvalue weighted by Gasteiger charge is 2.63. The molecule has 1 saturated carbocycles. The molecule has 0 N–H and O–H groups in total. The SMILES string of the molecule is CCOC(=O)[C@@H]1C(OC)=C[C@@H]2[C@H](OC)[C@@H]2[C@H]1C(=O)OCC. The molecule has 21 heavy (non-hydrogen) atoms. The van der Waals surface area contributed by atoms with Crippen molar-refractivity contribution in [1.29, 1.82) is 0 Å². The van der Waals surface area contributed by atoms with Crippen molar-refractivity contribution in [1.82, 2.24) is 0 Å². The Kier molecular flexibility index (Phi) is 4.88. The molecule has 0 heterocycles. The van der Waals surface area contributed by atoms with Crippen LogP contribution in [0.2, 0.25) is 0 Å². The predicted octanol–water partition coefficient (Wildman–Crippen LogP) is 1.15. The van der Waals surface area contributed by atoms with Crippen LogP contribution in [0, 0.1) is 23.7 Å². The van der Waals surface area contributed by atoms with Crippen LogP contribution in [0.25, 0.3) is 0 Å². The number of methoxy groups -OCH3 is 2. The Morgan fingerprint density at radius 3 is 2.24 bits per heavy atom. The molecule has 0 spiro atoms. The van der Waals surface area contributed by atoms with E-state index >= 15 is 0 Å². The van der Waals surface area contributed by atoms with Crippen LogP contribution in [0.4, 0.5) is 0 Å². The summed E-state index contributed by atoms with van der Waals surface area (Å²) in [4.78, 5) is 24.6. The van der Waals surface area contributed by atoms with Gasteiger partial charge in [0.25, 0.3) is 0 Å². The third kappa shape index (κ3) is 2.77. The lowest BCUT2D eigenvalue weighted by atomic mass is 9.81. The van der Waals surface area contributed by atoms with E-state index in [1.807, 2.05) is 6.08 Å². The van der Waals surface area contributed by atoms with Crippen molar-refractivity contribution >= 4 is 11.9 Å². The summed E-state index contributed by atoms with van der Waals surface area (Å²) in [6.07, 6.45) is 1.79. The van der Waals surface area contributed by atoms with E-state index in [2.05, 4.69) is 0 Å². The van der Waals surface area contributed by atoms with E-state index < -0.39 is 23.8 Å².